The fourth-order valence-electron chi connectivity index (χ4n) is 3.09. The molecule has 1 aliphatic rings. The summed E-state index contributed by atoms with van der Waals surface area (Å²) in [5, 5.41) is 0. The Bertz CT molecular complexity index is 671. The molecule has 23 heavy (non-hydrogen) atoms. The summed E-state index contributed by atoms with van der Waals surface area (Å²) in [6.45, 7) is 4.46. The first-order valence-electron chi connectivity index (χ1n) is 8.07. The number of amides is 1. The van der Waals surface area contributed by atoms with Crippen LogP contribution in [0.5, 0.6) is 0 Å². The van der Waals surface area contributed by atoms with Crippen LogP contribution in [0, 0.1) is 5.41 Å². The number of hydrogen-bond donors (Lipinski definition) is 1. The molecule has 0 spiro atoms. The summed E-state index contributed by atoms with van der Waals surface area (Å²) in [7, 11) is 0. The highest BCUT2D eigenvalue weighted by molar-refractivity contribution is 7.99. The van der Waals surface area contributed by atoms with E-state index in [1.54, 1.807) is 11.8 Å². The number of fused-ring (bicyclic) bond motifs is 2. The maximum absolute atomic E-state index is 13.5. The molecule has 1 amide bonds. The van der Waals surface area contributed by atoms with Crippen molar-refractivity contribution in [2.75, 3.05) is 11.4 Å². The smallest absolute Gasteiger partial charge is 0.239 e. The third kappa shape index (κ3) is 2.56. The molecule has 0 saturated heterocycles. The first-order valence-corrected chi connectivity index (χ1v) is 8.89. The third-order valence-electron chi connectivity index (χ3n) is 4.83. The van der Waals surface area contributed by atoms with Gasteiger partial charge in [0.2, 0.25) is 5.91 Å². The molecule has 2 aromatic rings. The lowest BCUT2D eigenvalue weighted by molar-refractivity contribution is -0.127. The van der Waals surface area contributed by atoms with Gasteiger partial charge in [0.1, 0.15) is 0 Å². The van der Waals surface area contributed by atoms with E-state index >= 15 is 0 Å². The Morgan fingerprint density at radius 1 is 1.00 bits per heavy atom. The Hall–Kier alpha value is -1.78. The van der Waals surface area contributed by atoms with E-state index in [1.807, 2.05) is 55.1 Å². The minimum absolute atomic E-state index is 0.102. The minimum atomic E-state index is -0.512. The van der Waals surface area contributed by atoms with E-state index in [9.17, 15) is 4.79 Å². The first kappa shape index (κ1) is 16.1. The van der Waals surface area contributed by atoms with Crippen LogP contribution < -0.4 is 10.6 Å². The second kappa shape index (κ2) is 6.38. The van der Waals surface area contributed by atoms with Crippen molar-refractivity contribution in [3.8, 4) is 0 Å². The molecule has 3 nitrogen and oxygen atoms in total. The van der Waals surface area contributed by atoms with Crippen molar-refractivity contribution < 1.29 is 4.79 Å². The molecule has 120 valence electrons. The molecular formula is C19H22N2OS. The Morgan fingerprint density at radius 3 is 1.91 bits per heavy atom. The molecule has 0 saturated carbocycles. The van der Waals surface area contributed by atoms with Crippen LogP contribution in [-0.4, -0.2) is 12.5 Å². The number of nitrogens with zero attached hydrogens (tertiary/aromatic N) is 1. The Morgan fingerprint density at radius 2 is 1.48 bits per heavy atom. The maximum atomic E-state index is 13.5. The standard InChI is InChI=1S/C19H22N2OS/c1-3-19(4-2,13-20)18(22)21-14-9-5-7-11-16(14)23-17-12-8-6-10-15(17)21/h5-12H,3-4,13,20H2,1-2H3. The molecule has 0 bridgehead atoms. The average molecular weight is 326 g/mol. The SMILES string of the molecule is CCC(CC)(CN)C(=O)N1c2ccccc2Sc2ccccc21. The predicted octanol–water partition coefficient (Wildman–Crippen LogP) is 4.58. The number of anilines is 2. The second-order valence-electron chi connectivity index (χ2n) is 5.87. The summed E-state index contributed by atoms with van der Waals surface area (Å²) in [4.78, 5) is 17.6. The fourth-order valence-corrected chi connectivity index (χ4v) is 4.15. The summed E-state index contributed by atoms with van der Waals surface area (Å²) in [6, 6.07) is 16.2. The molecule has 4 heteroatoms. The molecule has 2 N–H and O–H groups in total. The van der Waals surface area contributed by atoms with Gasteiger partial charge in [0.05, 0.1) is 16.8 Å². The first-order chi connectivity index (χ1) is 11.2. The molecule has 3 rings (SSSR count). The van der Waals surface area contributed by atoms with Gasteiger partial charge in [0.25, 0.3) is 0 Å². The van der Waals surface area contributed by atoms with Crippen molar-refractivity contribution in [2.45, 2.75) is 36.5 Å². The quantitative estimate of drug-likeness (QED) is 0.894. The van der Waals surface area contributed by atoms with Gasteiger partial charge in [-0.2, -0.15) is 0 Å². The van der Waals surface area contributed by atoms with E-state index in [2.05, 4.69) is 12.1 Å². The summed E-state index contributed by atoms with van der Waals surface area (Å²) in [6.07, 6.45) is 1.49. The van der Waals surface area contributed by atoms with E-state index in [4.69, 9.17) is 5.73 Å². The van der Waals surface area contributed by atoms with Gasteiger partial charge in [0, 0.05) is 16.3 Å². The van der Waals surface area contributed by atoms with Crippen LogP contribution in [0.1, 0.15) is 26.7 Å². The number of para-hydroxylation sites is 2. The number of hydrogen-bond acceptors (Lipinski definition) is 3. The summed E-state index contributed by atoms with van der Waals surface area (Å²) in [5.41, 5.74) is 7.43. The van der Waals surface area contributed by atoms with Gasteiger partial charge in [-0.3, -0.25) is 9.69 Å². The molecule has 0 aromatic heterocycles. The molecule has 0 unspecified atom stereocenters. The van der Waals surface area contributed by atoms with E-state index in [0.717, 1.165) is 34.0 Å². The predicted molar refractivity (Wildman–Crippen MR) is 96.2 cm³/mol. The van der Waals surface area contributed by atoms with Gasteiger partial charge >= 0.3 is 0 Å². The molecule has 2 aromatic carbocycles. The van der Waals surface area contributed by atoms with E-state index < -0.39 is 5.41 Å². The van der Waals surface area contributed by atoms with E-state index in [-0.39, 0.29) is 5.91 Å². The molecule has 1 aliphatic heterocycles. The van der Waals surface area contributed by atoms with Crippen molar-refractivity contribution in [2.24, 2.45) is 11.1 Å². The van der Waals surface area contributed by atoms with Gasteiger partial charge in [-0.1, -0.05) is 49.9 Å². The molecule has 0 atom stereocenters. The van der Waals surface area contributed by atoms with Gasteiger partial charge in [-0.05, 0) is 37.1 Å². The molecular weight excluding hydrogens is 304 g/mol. The van der Waals surface area contributed by atoms with Crippen LogP contribution in [0.3, 0.4) is 0 Å². The monoisotopic (exact) mass is 326 g/mol. The van der Waals surface area contributed by atoms with Crippen LogP contribution in [0.4, 0.5) is 11.4 Å². The van der Waals surface area contributed by atoms with Crippen LogP contribution in [0.2, 0.25) is 0 Å². The lowest BCUT2D eigenvalue weighted by Crippen LogP contribution is -2.46. The van der Waals surface area contributed by atoms with Crippen molar-refractivity contribution in [1.82, 2.24) is 0 Å². The zero-order chi connectivity index (χ0) is 16.4. The number of benzene rings is 2. The number of carbonyl (C=O) groups excluding carboxylic acids is 1. The van der Waals surface area contributed by atoms with E-state index in [1.165, 1.54) is 0 Å². The van der Waals surface area contributed by atoms with Crippen LogP contribution in [0.25, 0.3) is 0 Å². The fraction of sp³-hybridized carbons (Fsp3) is 0.316. The van der Waals surface area contributed by atoms with Gasteiger partial charge in [0.15, 0.2) is 0 Å². The summed E-state index contributed by atoms with van der Waals surface area (Å²) >= 11 is 1.71. The Kier molecular flexibility index (Phi) is 4.46. The van der Waals surface area contributed by atoms with Gasteiger partial charge < -0.3 is 5.73 Å². The lowest BCUT2D eigenvalue weighted by Gasteiger charge is -2.38. The minimum Gasteiger partial charge on any atom is -0.329 e. The summed E-state index contributed by atoms with van der Waals surface area (Å²) < 4.78 is 0. The van der Waals surface area contributed by atoms with Crippen LogP contribution in [-0.2, 0) is 4.79 Å². The van der Waals surface area contributed by atoms with Gasteiger partial charge in [-0.25, -0.2) is 0 Å². The molecule has 0 aliphatic carbocycles. The topological polar surface area (TPSA) is 46.3 Å². The summed E-state index contributed by atoms with van der Waals surface area (Å²) in [5.74, 6) is 0.102. The largest absolute Gasteiger partial charge is 0.329 e. The van der Waals surface area contributed by atoms with Crippen molar-refractivity contribution in [3.63, 3.8) is 0 Å². The van der Waals surface area contributed by atoms with Crippen LogP contribution in [0.15, 0.2) is 58.3 Å². The Balaban J connectivity index is 2.17. The highest BCUT2D eigenvalue weighted by Crippen LogP contribution is 2.49. The highest BCUT2D eigenvalue weighted by Gasteiger charge is 2.40. The average Bonchev–Trinajstić information content (AvgIpc) is 2.61. The van der Waals surface area contributed by atoms with Gasteiger partial charge in [-0.15, -0.1) is 0 Å². The number of nitrogens with two attached hydrogens (primary N) is 1. The molecule has 0 radical (unpaired) electrons. The normalized spacial score (nSPS) is 13.4. The molecule has 1 heterocycles. The number of rotatable bonds is 4. The lowest BCUT2D eigenvalue weighted by atomic mass is 9.80. The highest BCUT2D eigenvalue weighted by atomic mass is 32.2. The Labute approximate surface area is 141 Å². The molecule has 0 fully saturated rings. The zero-order valence-corrected chi connectivity index (χ0v) is 14.4. The van der Waals surface area contributed by atoms with Crippen molar-refractivity contribution in [3.05, 3.63) is 48.5 Å². The number of carbonyl (C=O) groups is 1. The second-order valence-corrected chi connectivity index (χ2v) is 6.95. The van der Waals surface area contributed by atoms with Crippen LogP contribution >= 0.6 is 11.8 Å². The zero-order valence-electron chi connectivity index (χ0n) is 13.6. The maximum Gasteiger partial charge on any atom is 0.239 e. The third-order valence-corrected chi connectivity index (χ3v) is 5.96. The van der Waals surface area contributed by atoms with Crippen molar-refractivity contribution in [1.29, 1.82) is 0 Å². The van der Waals surface area contributed by atoms with Crippen molar-refractivity contribution >= 4 is 29.0 Å². The van der Waals surface area contributed by atoms with E-state index in [0.29, 0.717) is 6.54 Å².